The maximum atomic E-state index is 11.1. The van der Waals surface area contributed by atoms with Crippen LogP contribution in [0.3, 0.4) is 0 Å². The molecule has 21 heavy (non-hydrogen) atoms. The second-order valence-corrected chi connectivity index (χ2v) is 5.23. The molecule has 0 spiro atoms. The third-order valence-corrected chi connectivity index (χ3v) is 3.30. The Labute approximate surface area is 123 Å². The number of nitro groups is 1. The molecule has 0 bridgehead atoms. The van der Waals surface area contributed by atoms with E-state index in [1.807, 2.05) is 25.1 Å². The van der Waals surface area contributed by atoms with Crippen LogP contribution in [-0.2, 0) is 0 Å². The molecule has 0 saturated carbocycles. The van der Waals surface area contributed by atoms with Gasteiger partial charge in [0.05, 0.1) is 4.92 Å². The van der Waals surface area contributed by atoms with Gasteiger partial charge in [0.25, 0.3) is 0 Å². The Morgan fingerprint density at radius 1 is 1.24 bits per heavy atom. The van der Waals surface area contributed by atoms with Gasteiger partial charge >= 0.3 is 5.69 Å². The number of rotatable bonds is 4. The summed E-state index contributed by atoms with van der Waals surface area (Å²) in [6.45, 7) is 6.23. The first kappa shape index (κ1) is 14.8. The minimum Gasteiger partial charge on any atom is -0.450 e. The largest absolute Gasteiger partial charge is 0.450 e. The number of nitrogen functional groups attached to an aromatic ring is 1. The number of nitrogens with zero attached hydrogens (tertiary/aromatic N) is 1. The van der Waals surface area contributed by atoms with Gasteiger partial charge in [-0.25, -0.2) is 0 Å². The maximum absolute atomic E-state index is 11.1. The van der Waals surface area contributed by atoms with Crippen molar-refractivity contribution in [3.63, 3.8) is 0 Å². The zero-order chi connectivity index (χ0) is 15.6. The molecule has 0 atom stereocenters. The number of ether oxygens (including phenoxy) is 1. The van der Waals surface area contributed by atoms with Crippen LogP contribution in [0, 0.1) is 17.0 Å². The number of nitro benzene ring substituents is 1. The van der Waals surface area contributed by atoms with E-state index in [1.54, 1.807) is 12.1 Å². The quantitative estimate of drug-likeness (QED) is 0.513. The van der Waals surface area contributed by atoms with E-state index in [-0.39, 0.29) is 17.1 Å². The lowest BCUT2D eigenvalue weighted by Gasteiger charge is -2.12. The maximum Gasteiger partial charge on any atom is 0.334 e. The summed E-state index contributed by atoms with van der Waals surface area (Å²) < 4.78 is 5.65. The minimum atomic E-state index is -0.528. The molecule has 0 aliphatic carbocycles. The molecule has 2 aromatic carbocycles. The smallest absolute Gasteiger partial charge is 0.334 e. The first-order valence-electron chi connectivity index (χ1n) is 6.71. The van der Waals surface area contributed by atoms with Crippen molar-refractivity contribution >= 4 is 11.4 Å². The Bertz CT molecular complexity index is 681. The SMILES string of the molecule is Cc1cc(Oc2cccc(N)c2[N+](=O)[O-])ccc1C(C)C. The van der Waals surface area contributed by atoms with Crippen LogP contribution >= 0.6 is 0 Å². The summed E-state index contributed by atoms with van der Waals surface area (Å²) in [6.07, 6.45) is 0. The van der Waals surface area contributed by atoms with Crippen LogP contribution in [0.1, 0.15) is 30.9 Å². The Kier molecular flexibility index (Phi) is 4.12. The number of hydrogen-bond donors (Lipinski definition) is 1. The molecular weight excluding hydrogens is 268 g/mol. The van der Waals surface area contributed by atoms with Crippen LogP contribution in [0.25, 0.3) is 0 Å². The fourth-order valence-corrected chi connectivity index (χ4v) is 2.30. The number of aryl methyl sites for hydroxylation is 1. The van der Waals surface area contributed by atoms with Crippen molar-refractivity contribution in [3.8, 4) is 11.5 Å². The summed E-state index contributed by atoms with van der Waals surface area (Å²) >= 11 is 0. The molecule has 0 aliphatic heterocycles. The van der Waals surface area contributed by atoms with Crippen molar-refractivity contribution in [1.29, 1.82) is 0 Å². The summed E-state index contributed by atoms with van der Waals surface area (Å²) in [4.78, 5) is 10.6. The number of nitrogens with two attached hydrogens (primary N) is 1. The van der Waals surface area contributed by atoms with Crippen LogP contribution in [0.2, 0.25) is 0 Å². The number of para-hydroxylation sites is 1. The molecule has 0 unspecified atom stereocenters. The van der Waals surface area contributed by atoms with Gasteiger partial charge in [-0.3, -0.25) is 10.1 Å². The average Bonchev–Trinajstić information content (AvgIpc) is 2.37. The summed E-state index contributed by atoms with van der Waals surface area (Å²) in [7, 11) is 0. The lowest BCUT2D eigenvalue weighted by molar-refractivity contribution is -0.384. The predicted octanol–water partition coefficient (Wildman–Crippen LogP) is 4.40. The second-order valence-electron chi connectivity index (χ2n) is 5.23. The highest BCUT2D eigenvalue weighted by Crippen LogP contribution is 2.36. The normalized spacial score (nSPS) is 10.7. The molecule has 2 N–H and O–H groups in total. The van der Waals surface area contributed by atoms with Gasteiger partial charge in [-0.15, -0.1) is 0 Å². The molecule has 2 rings (SSSR count). The van der Waals surface area contributed by atoms with Crippen LogP contribution in [0.4, 0.5) is 11.4 Å². The monoisotopic (exact) mass is 286 g/mol. The van der Waals surface area contributed by atoms with Crippen molar-refractivity contribution in [2.24, 2.45) is 0 Å². The fourth-order valence-electron chi connectivity index (χ4n) is 2.30. The number of hydrogen-bond acceptors (Lipinski definition) is 4. The standard InChI is InChI=1S/C16H18N2O3/c1-10(2)13-8-7-12(9-11(13)3)21-15-6-4-5-14(17)16(15)18(19)20/h4-10H,17H2,1-3H3. The highest BCUT2D eigenvalue weighted by atomic mass is 16.6. The summed E-state index contributed by atoms with van der Waals surface area (Å²) in [6, 6.07) is 10.3. The van der Waals surface area contributed by atoms with Crippen LogP contribution in [0.5, 0.6) is 11.5 Å². The van der Waals surface area contributed by atoms with Gasteiger partial charge in [-0.2, -0.15) is 0 Å². The van der Waals surface area contributed by atoms with Crippen molar-refractivity contribution in [2.75, 3.05) is 5.73 Å². The van der Waals surface area contributed by atoms with E-state index in [0.29, 0.717) is 11.7 Å². The molecule has 0 aromatic heterocycles. The van der Waals surface area contributed by atoms with Crippen LogP contribution in [0.15, 0.2) is 36.4 Å². The summed E-state index contributed by atoms with van der Waals surface area (Å²) in [5, 5.41) is 11.1. The van der Waals surface area contributed by atoms with Crippen molar-refractivity contribution < 1.29 is 9.66 Å². The fraction of sp³-hybridized carbons (Fsp3) is 0.250. The van der Waals surface area contributed by atoms with E-state index in [1.165, 1.54) is 11.6 Å². The van der Waals surface area contributed by atoms with Crippen molar-refractivity contribution in [3.05, 3.63) is 57.6 Å². The van der Waals surface area contributed by atoms with Gasteiger partial charge in [0, 0.05) is 0 Å². The molecule has 0 aliphatic rings. The third kappa shape index (κ3) is 3.13. The van der Waals surface area contributed by atoms with Gasteiger partial charge in [0.2, 0.25) is 5.75 Å². The highest BCUT2D eigenvalue weighted by molar-refractivity contribution is 5.66. The first-order chi connectivity index (χ1) is 9.90. The molecule has 5 nitrogen and oxygen atoms in total. The molecule has 0 fully saturated rings. The lowest BCUT2D eigenvalue weighted by Crippen LogP contribution is -1.99. The average molecular weight is 286 g/mol. The molecule has 2 aromatic rings. The van der Waals surface area contributed by atoms with Crippen LogP contribution < -0.4 is 10.5 Å². The minimum absolute atomic E-state index is 0.0908. The Morgan fingerprint density at radius 2 is 1.95 bits per heavy atom. The van der Waals surface area contributed by atoms with E-state index in [9.17, 15) is 10.1 Å². The summed E-state index contributed by atoms with van der Waals surface area (Å²) in [5.41, 5.74) is 7.85. The molecule has 0 radical (unpaired) electrons. The zero-order valence-corrected chi connectivity index (χ0v) is 12.3. The van der Waals surface area contributed by atoms with Crippen LogP contribution in [-0.4, -0.2) is 4.92 Å². The molecule has 0 amide bonds. The van der Waals surface area contributed by atoms with E-state index in [2.05, 4.69) is 13.8 Å². The van der Waals surface area contributed by atoms with Crippen molar-refractivity contribution in [1.82, 2.24) is 0 Å². The molecule has 0 saturated heterocycles. The molecule has 0 heterocycles. The zero-order valence-electron chi connectivity index (χ0n) is 12.3. The highest BCUT2D eigenvalue weighted by Gasteiger charge is 2.19. The van der Waals surface area contributed by atoms with Gasteiger partial charge in [-0.1, -0.05) is 26.0 Å². The molecular formula is C16H18N2O3. The predicted molar refractivity (Wildman–Crippen MR) is 82.9 cm³/mol. The Balaban J connectivity index is 2.37. The van der Waals surface area contributed by atoms with E-state index < -0.39 is 4.92 Å². The van der Waals surface area contributed by atoms with Gasteiger partial charge in [-0.05, 0) is 48.2 Å². The second kappa shape index (κ2) is 5.83. The van der Waals surface area contributed by atoms with E-state index >= 15 is 0 Å². The topological polar surface area (TPSA) is 78.4 Å². The van der Waals surface area contributed by atoms with E-state index in [4.69, 9.17) is 10.5 Å². The summed E-state index contributed by atoms with van der Waals surface area (Å²) in [5.74, 6) is 1.13. The molecule has 110 valence electrons. The van der Waals surface area contributed by atoms with Gasteiger partial charge in [0.1, 0.15) is 11.4 Å². The third-order valence-electron chi connectivity index (χ3n) is 3.30. The van der Waals surface area contributed by atoms with E-state index in [0.717, 1.165) is 5.56 Å². The Hall–Kier alpha value is -2.56. The van der Waals surface area contributed by atoms with Gasteiger partial charge in [0.15, 0.2) is 0 Å². The number of benzene rings is 2. The molecule has 5 heteroatoms. The first-order valence-corrected chi connectivity index (χ1v) is 6.71. The number of anilines is 1. The Morgan fingerprint density at radius 3 is 2.52 bits per heavy atom. The van der Waals surface area contributed by atoms with Crippen molar-refractivity contribution in [2.45, 2.75) is 26.7 Å². The lowest BCUT2D eigenvalue weighted by atomic mass is 9.98. The van der Waals surface area contributed by atoms with Gasteiger partial charge < -0.3 is 10.5 Å².